The molecule has 0 aromatic rings. The fourth-order valence-corrected chi connectivity index (χ4v) is 8.14. The number of nitrogens with one attached hydrogen (secondary N) is 4. The first kappa shape index (κ1) is 40.6. The highest BCUT2D eigenvalue weighted by atomic mass is 32.2. The smallest absolute Gasteiger partial charge is 0.315 e. The zero-order chi connectivity index (χ0) is 36.5. The van der Waals surface area contributed by atoms with Gasteiger partial charge in [0.15, 0.2) is 0 Å². The van der Waals surface area contributed by atoms with Gasteiger partial charge in [-0.15, -0.1) is 24.7 Å². The summed E-state index contributed by atoms with van der Waals surface area (Å²) in [7, 11) is -3.41. The summed E-state index contributed by atoms with van der Waals surface area (Å²) in [4.78, 5) is 69.2. The molecule has 0 bridgehead atoms. The second-order valence-corrected chi connectivity index (χ2v) is 17.6. The van der Waals surface area contributed by atoms with E-state index >= 15 is 0 Å². The minimum Gasteiger partial charge on any atom is -0.348 e. The van der Waals surface area contributed by atoms with E-state index in [2.05, 4.69) is 33.1 Å². The van der Waals surface area contributed by atoms with Gasteiger partial charge in [0.25, 0.3) is 5.91 Å². The van der Waals surface area contributed by atoms with Gasteiger partial charge in [-0.1, -0.05) is 60.8 Å². The third-order valence-corrected chi connectivity index (χ3v) is 10.2. The van der Waals surface area contributed by atoms with Crippen molar-refractivity contribution in [1.82, 2.24) is 26.2 Å². The normalized spacial score (nSPS) is 20.7. The Bertz CT molecular complexity index is 1390. The van der Waals surface area contributed by atoms with E-state index in [-0.39, 0.29) is 44.0 Å². The van der Waals surface area contributed by atoms with E-state index < -0.39 is 73.9 Å². The Kier molecular flexibility index (Phi) is 14.1. The molecule has 1 saturated carbocycles. The molecule has 0 aromatic carbocycles. The van der Waals surface area contributed by atoms with Crippen LogP contribution in [-0.2, 0) is 29.0 Å². The van der Waals surface area contributed by atoms with E-state index in [9.17, 15) is 32.4 Å². The predicted molar refractivity (Wildman–Crippen MR) is 185 cm³/mol. The Morgan fingerprint density at radius 2 is 1.54 bits per heavy atom. The summed E-state index contributed by atoms with van der Waals surface area (Å²) in [5, 5.41) is 10.9. The van der Waals surface area contributed by atoms with E-state index in [1.165, 1.54) is 4.90 Å². The van der Waals surface area contributed by atoms with Gasteiger partial charge in [0, 0.05) is 32.2 Å². The Hall–Kier alpha value is -3.58. The minimum atomic E-state index is -3.41. The number of urea groups is 1. The largest absolute Gasteiger partial charge is 0.348 e. The maximum atomic E-state index is 14.4. The number of rotatable bonds is 13. The summed E-state index contributed by atoms with van der Waals surface area (Å²) in [6.45, 7) is 11.6. The lowest BCUT2D eigenvalue weighted by Gasteiger charge is -2.40. The van der Waals surface area contributed by atoms with Gasteiger partial charge in [0.2, 0.25) is 17.6 Å². The SMILES string of the molecule is C#CCCNC(=O)C(=O)C(CCC#C)NC(=O)C1C(C(C)(C)C)CCN1C(=O)[C@@H](NC(=O)NC1(CS(C)(=O)=O)CCCCC1)C(C)(C)C. The molecule has 1 saturated heterocycles. The van der Waals surface area contributed by atoms with Crippen LogP contribution in [0.4, 0.5) is 4.79 Å². The number of terminal acetylenes is 2. The van der Waals surface area contributed by atoms with Crippen LogP contribution in [0.2, 0.25) is 0 Å². The molecule has 2 fully saturated rings. The van der Waals surface area contributed by atoms with Crippen LogP contribution in [0.15, 0.2) is 0 Å². The van der Waals surface area contributed by atoms with Crippen molar-refractivity contribution in [2.45, 2.75) is 123 Å². The van der Waals surface area contributed by atoms with Crippen molar-refractivity contribution in [3.63, 3.8) is 0 Å². The maximum Gasteiger partial charge on any atom is 0.315 e. The quantitative estimate of drug-likeness (QED) is 0.131. The van der Waals surface area contributed by atoms with Crippen LogP contribution in [-0.4, -0.2) is 91.6 Å². The summed E-state index contributed by atoms with van der Waals surface area (Å²) in [5.74, 6) is 1.45. The zero-order valence-corrected chi connectivity index (χ0v) is 30.5. The summed E-state index contributed by atoms with van der Waals surface area (Å²) in [6, 6.07) is -3.96. The van der Waals surface area contributed by atoms with Crippen LogP contribution >= 0.6 is 0 Å². The van der Waals surface area contributed by atoms with Gasteiger partial charge >= 0.3 is 6.03 Å². The molecule has 0 spiro atoms. The molecule has 1 heterocycles. The predicted octanol–water partition coefficient (Wildman–Crippen LogP) is 2.32. The molecule has 1 aliphatic carbocycles. The summed E-state index contributed by atoms with van der Waals surface area (Å²) in [5.41, 5.74) is -2.17. The number of likely N-dealkylation sites (tertiary alicyclic amines) is 1. The molecule has 3 unspecified atom stereocenters. The molecule has 13 heteroatoms. The number of hydrogen-bond donors (Lipinski definition) is 4. The van der Waals surface area contributed by atoms with Crippen LogP contribution in [0.25, 0.3) is 0 Å². The van der Waals surface area contributed by atoms with E-state index in [4.69, 9.17) is 12.8 Å². The molecule has 0 radical (unpaired) electrons. The molecule has 4 N–H and O–H groups in total. The van der Waals surface area contributed by atoms with Crippen LogP contribution in [0.1, 0.15) is 99.3 Å². The molecule has 0 aromatic heterocycles. The van der Waals surface area contributed by atoms with Crippen molar-refractivity contribution in [2.24, 2.45) is 16.7 Å². The molecule has 2 aliphatic rings. The number of hydrogen-bond acceptors (Lipinski definition) is 7. The Morgan fingerprint density at radius 3 is 2.06 bits per heavy atom. The third kappa shape index (κ3) is 11.5. The van der Waals surface area contributed by atoms with Crippen molar-refractivity contribution in [2.75, 3.05) is 25.1 Å². The topological polar surface area (TPSA) is 171 Å². The number of carbonyl (C=O) groups excluding carboxylic acids is 5. The van der Waals surface area contributed by atoms with Crippen LogP contribution in [0, 0.1) is 41.4 Å². The van der Waals surface area contributed by atoms with Crippen LogP contribution in [0.3, 0.4) is 0 Å². The number of ketones is 1. The van der Waals surface area contributed by atoms with Gasteiger partial charge in [-0.25, -0.2) is 13.2 Å². The first-order valence-corrected chi connectivity index (χ1v) is 18.8. The van der Waals surface area contributed by atoms with E-state index in [1.807, 2.05) is 20.8 Å². The van der Waals surface area contributed by atoms with Gasteiger partial charge in [0.1, 0.15) is 21.9 Å². The maximum absolute atomic E-state index is 14.4. The number of amides is 5. The summed E-state index contributed by atoms with van der Waals surface area (Å²) >= 11 is 0. The van der Waals surface area contributed by atoms with Crippen LogP contribution < -0.4 is 21.3 Å². The van der Waals surface area contributed by atoms with E-state index in [1.54, 1.807) is 20.8 Å². The molecule has 12 nitrogen and oxygen atoms in total. The Morgan fingerprint density at radius 1 is 0.938 bits per heavy atom. The van der Waals surface area contributed by atoms with Gasteiger partial charge in [-0.3, -0.25) is 19.2 Å². The van der Waals surface area contributed by atoms with Crippen LogP contribution in [0.5, 0.6) is 0 Å². The average Bonchev–Trinajstić information content (AvgIpc) is 3.42. The Labute approximate surface area is 287 Å². The molecule has 5 amide bonds. The lowest BCUT2D eigenvalue weighted by atomic mass is 9.75. The van der Waals surface area contributed by atoms with Gasteiger partial charge in [0.05, 0.1) is 17.3 Å². The average molecular weight is 690 g/mol. The molecule has 268 valence electrons. The monoisotopic (exact) mass is 689 g/mol. The Balaban J connectivity index is 2.39. The van der Waals surface area contributed by atoms with Crippen molar-refractivity contribution in [3.05, 3.63) is 0 Å². The van der Waals surface area contributed by atoms with Gasteiger partial charge in [-0.2, -0.15) is 0 Å². The third-order valence-electron chi connectivity index (χ3n) is 9.17. The number of sulfone groups is 1. The highest BCUT2D eigenvalue weighted by Crippen LogP contribution is 2.40. The van der Waals surface area contributed by atoms with Gasteiger partial charge in [-0.05, 0) is 42.4 Å². The first-order chi connectivity index (χ1) is 22.2. The van der Waals surface area contributed by atoms with E-state index in [0.29, 0.717) is 19.3 Å². The van der Waals surface area contributed by atoms with Crippen molar-refractivity contribution < 1.29 is 32.4 Å². The molecule has 2 rings (SSSR count). The first-order valence-electron chi connectivity index (χ1n) is 16.7. The second kappa shape index (κ2) is 16.7. The summed E-state index contributed by atoms with van der Waals surface area (Å²) in [6.07, 6.45) is 16.2. The lowest BCUT2D eigenvalue weighted by Crippen LogP contribution is -2.63. The second-order valence-electron chi connectivity index (χ2n) is 15.4. The lowest BCUT2D eigenvalue weighted by molar-refractivity contribution is -0.145. The zero-order valence-electron chi connectivity index (χ0n) is 29.7. The van der Waals surface area contributed by atoms with Crippen molar-refractivity contribution >= 4 is 39.4 Å². The molecule has 4 atom stereocenters. The highest BCUT2D eigenvalue weighted by molar-refractivity contribution is 7.90. The van der Waals surface area contributed by atoms with E-state index in [0.717, 1.165) is 25.5 Å². The molecular formula is C35H55N5O7S. The number of Topliss-reactive ketones (excluding diaryl/α,β-unsaturated/α-hetero) is 1. The fraction of sp³-hybridized carbons (Fsp3) is 0.743. The number of nitrogens with zero attached hydrogens (tertiary/aromatic N) is 1. The van der Waals surface area contributed by atoms with Gasteiger partial charge < -0.3 is 26.2 Å². The molecular weight excluding hydrogens is 634 g/mol. The molecule has 1 aliphatic heterocycles. The number of carbonyl (C=O) groups is 5. The molecule has 48 heavy (non-hydrogen) atoms. The minimum absolute atomic E-state index is 0.0199. The fourth-order valence-electron chi connectivity index (χ4n) is 6.78. The van der Waals surface area contributed by atoms with Crippen molar-refractivity contribution in [3.8, 4) is 24.7 Å². The standard InChI is InChI=1S/C35H55N5O7S/c1-10-12-17-25(27(41)30(43)36-21-13-11-2)37-29(42)26-24(33(3,4)5)18-22-40(26)31(44)28(34(6,7)8)38-32(45)39-35(23-48(9,46)47)19-15-14-16-20-35/h1-2,24-26,28H,12-23H2,3-9H3,(H,36,43)(H,37,42)(H2,38,39,45)/t24?,25?,26?,28-/m1/s1. The highest BCUT2D eigenvalue weighted by Gasteiger charge is 2.50. The summed E-state index contributed by atoms with van der Waals surface area (Å²) < 4.78 is 24.6. The van der Waals surface area contributed by atoms with Crippen molar-refractivity contribution in [1.29, 1.82) is 0 Å².